The number of Topliss-reactive ketones (excluding diaryl/α,β-unsaturated/α-hetero) is 1. The Bertz CT molecular complexity index is 456. The number of hydrogen-bond donors (Lipinski definition) is 0. The molecule has 19 heavy (non-hydrogen) atoms. The average Bonchev–Trinajstić information content (AvgIpc) is 2.53. The minimum absolute atomic E-state index is 0.0362. The van der Waals surface area contributed by atoms with Gasteiger partial charge in [0.1, 0.15) is 5.78 Å². The van der Waals surface area contributed by atoms with Crippen LogP contribution in [-0.2, 0) is 4.79 Å². The molecular formula is C16H24Br2O. The van der Waals surface area contributed by atoms with E-state index in [4.69, 9.17) is 0 Å². The first-order valence-electron chi connectivity index (χ1n) is 7.45. The fraction of sp³-hybridized carbons (Fsp3) is 0.938. The fourth-order valence-corrected chi connectivity index (χ4v) is 8.57. The van der Waals surface area contributed by atoms with Crippen LogP contribution in [0.15, 0.2) is 0 Å². The summed E-state index contributed by atoms with van der Waals surface area (Å²) in [6.45, 7) is 8.97. The van der Waals surface area contributed by atoms with E-state index in [1.165, 1.54) is 19.3 Å². The van der Waals surface area contributed by atoms with E-state index in [0.29, 0.717) is 11.2 Å². The molecule has 0 aromatic rings. The zero-order valence-electron chi connectivity index (χ0n) is 12.4. The molecule has 1 nitrogen and oxygen atoms in total. The van der Waals surface area contributed by atoms with Crippen molar-refractivity contribution in [3.8, 4) is 0 Å². The third-order valence-electron chi connectivity index (χ3n) is 6.85. The highest BCUT2D eigenvalue weighted by molar-refractivity contribution is 9.25. The van der Waals surface area contributed by atoms with Gasteiger partial charge in [-0.15, -0.1) is 0 Å². The number of carbonyl (C=O) groups is 1. The van der Waals surface area contributed by atoms with Crippen LogP contribution in [0.3, 0.4) is 0 Å². The molecule has 0 aromatic carbocycles. The van der Waals surface area contributed by atoms with Crippen LogP contribution in [0.1, 0.15) is 66.2 Å². The topological polar surface area (TPSA) is 17.1 Å². The van der Waals surface area contributed by atoms with Gasteiger partial charge in [-0.1, -0.05) is 59.1 Å². The highest BCUT2D eigenvalue weighted by Crippen LogP contribution is 2.94. The number of halogens is 2. The van der Waals surface area contributed by atoms with Crippen LogP contribution in [0.5, 0.6) is 0 Å². The van der Waals surface area contributed by atoms with Gasteiger partial charge in [0.15, 0.2) is 0 Å². The molecule has 0 radical (unpaired) electrons. The van der Waals surface area contributed by atoms with Gasteiger partial charge >= 0.3 is 0 Å². The van der Waals surface area contributed by atoms with E-state index in [2.05, 4.69) is 52.6 Å². The molecule has 0 amide bonds. The summed E-state index contributed by atoms with van der Waals surface area (Å²) in [5.41, 5.74) is 0.584. The maximum absolute atomic E-state index is 12.6. The predicted molar refractivity (Wildman–Crippen MR) is 85.7 cm³/mol. The number of carbonyl (C=O) groups excluding carboxylic acids is 1. The monoisotopic (exact) mass is 390 g/mol. The Labute approximate surface area is 133 Å². The molecule has 3 rings (SSSR count). The second-order valence-electron chi connectivity index (χ2n) is 8.14. The Balaban J connectivity index is 2.18. The van der Waals surface area contributed by atoms with Crippen LogP contribution >= 0.6 is 31.9 Å². The van der Waals surface area contributed by atoms with Crippen molar-refractivity contribution in [3.05, 3.63) is 0 Å². The normalized spacial score (nSPS) is 50.0. The van der Waals surface area contributed by atoms with E-state index < -0.39 is 0 Å². The molecule has 0 saturated heterocycles. The van der Waals surface area contributed by atoms with Gasteiger partial charge in [0.2, 0.25) is 0 Å². The van der Waals surface area contributed by atoms with Crippen LogP contribution in [0.25, 0.3) is 0 Å². The van der Waals surface area contributed by atoms with Crippen LogP contribution in [0, 0.1) is 21.7 Å². The number of rotatable bonds is 1. The van der Waals surface area contributed by atoms with Crippen LogP contribution < -0.4 is 0 Å². The highest BCUT2D eigenvalue weighted by atomic mass is 79.9. The summed E-state index contributed by atoms with van der Waals surface area (Å²) in [6.07, 6.45) is 6.94. The molecule has 1 spiro atoms. The Morgan fingerprint density at radius 1 is 1.00 bits per heavy atom. The third-order valence-corrected chi connectivity index (χ3v) is 9.96. The van der Waals surface area contributed by atoms with Crippen molar-refractivity contribution in [3.63, 3.8) is 0 Å². The maximum Gasteiger partial charge on any atom is 0.136 e. The molecule has 0 aromatic heterocycles. The minimum Gasteiger partial charge on any atom is -0.299 e. The lowest BCUT2D eigenvalue weighted by atomic mass is 9.64. The lowest BCUT2D eigenvalue weighted by Gasteiger charge is -2.39. The first kappa shape index (κ1) is 14.6. The molecule has 108 valence electrons. The second kappa shape index (κ2) is 3.69. The van der Waals surface area contributed by atoms with Crippen molar-refractivity contribution in [1.82, 2.24) is 0 Å². The molecule has 3 aliphatic rings. The molecule has 3 fully saturated rings. The summed E-state index contributed by atoms with van der Waals surface area (Å²) in [7, 11) is 0. The lowest BCUT2D eigenvalue weighted by molar-refractivity contribution is -0.131. The summed E-state index contributed by atoms with van der Waals surface area (Å²) in [5.74, 6) is 0.426. The maximum atomic E-state index is 12.6. The van der Waals surface area contributed by atoms with Crippen molar-refractivity contribution in [2.45, 2.75) is 69.5 Å². The van der Waals surface area contributed by atoms with Crippen LogP contribution in [-0.4, -0.2) is 9.02 Å². The predicted octanol–water partition coefficient (Wildman–Crippen LogP) is 5.45. The van der Waals surface area contributed by atoms with Crippen molar-refractivity contribution >= 4 is 37.6 Å². The first-order chi connectivity index (χ1) is 8.56. The fourth-order valence-electron chi connectivity index (χ4n) is 5.78. The molecule has 0 N–H and O–H groups in total. The van der Waals surface area contributed by atoms with Crippen molar-refractivity contribution in [2.24, 2.45) is 21.7 Å². The summed E-state index contributed by atoms with van der Waals surface area (Å²) in [4.78, 5) is 12.6. The summed E-state index contributed by atoms with van der Waals surface area (Å²) in [5, 5.41) is 0. The molecular weight excluding hydrogens is 368 g/mol. The van der Waals surface area contributed by atoms with Crippen molar-refractivity contribution in [2.75, 3.05) is 0 Å². The highest BCUT2D eigenvalue weighted by Gasteiger charge is 2.92. The van der Waals surface area contributed by atoms with Gasteiger partial charge in [-0.3, -0.25) is 4.79 Å². The summed E-state index contributed by atoms with van der Waals surface area (Å²) in [6, 6.07) is 0. The van der Waals surface area contributed by atoms with Gasteiger partial charge in [-0.2, -0.15) is 0 Å². The zero-order chi connectivity index (χ0) is 14.3. The molecule has 0 heterocycles. The van der Waals surface area contributed by atoms with Gasteiger partial charge in [0.25, 0.3) is 0 Å². The SMILES string of the molecule is CC(=O)C12CCCC(C)(C)CC13C(Br)(Br)C3(C)CC2. The Morgan fingerprint density at radius 2 is 1.63 bits per heavy atom. The Morgan fingerprint density at radius 3 is 2.16 bits per heavy atom. The largest absolute Gasteiger partial charge is 0.299 e. The molecule has 3 saturated carbocycles. The lowest BCUT2D eigenvalue weighted by Crippen LogP contribution is -2.40. The van der Waals surface area contributed by atoms with E-state index in [-0.39, 0.29) is 19.5 Å². The molecule has 3 heteroatoms. The van der Waals surface area contributed by atoms with Crippen LogP contribution in [0.2, 0.25) is 0 Å². The van der Waals surface area contributed by atoms with Gasteiger partial charge < -0.3 is 0 Å². The summed E-state index contributed by atoms with van der Waals surface area (Å²) < 4.78 is -0.0362. The quantitative estimate of drug-likeness (QED) is 0.543. The second-order valence-corrected chi connectivity index (χ2v) is 11.6. The molecule has 3 unspecified atom stereocenters. The van der Waals surface area contributed by atoms with E-state index in [0.717, 1.165) is 19.3 Å². The smallest absolute Gasteiger partial charge is 0.136 e. The summed E-state index contributed by atoms with van der Waals surface area (Å²) >= 11 is 7.94. The molecule has 3 atom stereocenters. The number of hydrogen-bond acceptors (Lipinski definition) is 1. The first-order valence-corrected chi connectivity index (χ1v) is 9.04. The standard InChI is InChI=1S/C16H24Br2O/c1-11(19)14-7-5-6-12(2,3)10-15(14)13(4,8-9-14)16(15,17)18/h5-10H2,1-4H3. The molecule has 0 bridgehead atoms. The van der Waals surface area contributed by atoms with Crippen molar-refractivity contribution < 1.29 is 4.79 Å². The van der Waals surface area contributed by atoms with Gasteiger partial charge in [0.05, 0.1) is 3.23 Å². The van der Waals surface area contributed by atoms with Gasteiger partial charge in [-0.05, 0) is 44.4 Å². The van der Waals surface area contributed by atoms with E-state index >= 15 is 0 Å². The van der Waals surface area contributed by atoms with E-state index in [9.17, 15) is 4.79 Å². The average molecular weight is 392 g/mol. The van der Waals surface area contributed by atoms with Gasteiger partial charge in [-0.25, -0.2) is 0 Å². The molecule has 3 aliphatic carbocycles. The van der Waals surface area contributed by atoms with E-state index in [1.54, 1.807) is 0 Å². The Kier molecular flexibility index (Phi) is 2.83. The van der Waals surface area contributed by atoms with Gasteiger partial charge in [0, 0.05) is 16.2 Å². The minimum atomic E-state index is -0.0947. The van der Waals surface area contributed by atoms with Crippen molar-refractivity contribution in [1.29, 1.82) is 0 Å². The molecule has 0 aliphatic heterocycles. The van der Waals surface area contributed by atoms with Crippen LogP contribution in [0.4, 0.5) is 0 Å². The Hall–Kier alpha value is 0.630. The number of ketones is 1. The zero-order valence-corrected chi connectivity index (χ0v) is 15.6. The van der Waals surface area contributed by atoms with E-state index in [1.807, 2.05) is 6.92 Å². The number of alkyl halides is 2. The third kappa shape index (κ3) is 1.36.